The average molecular weight is 567 g/mol. The van der Waals surface area contributed by atoms with Gasteiger partial charge >= 0.3 is 11.9 Å². The summed E-state index contributed by atoms with van der Waals surface area (Å²) in [5.74, 6) is -8.16. The van der Waals surface area contributed by atoms with Crippen molar-refractivity contribution in [3.8, 4) is 11.5 Å². The molecule has 216 valence electrons. The van der Waals surface area contributed by atoms with Crippen LogP contribution in [0.3, 0.4) is 0 Å². The van der Waals surface area contributed by atoms with Crippen molar-refractivity contribution in [3.63, 3.8) is 0 Å². The number of amides is 4. The van der Waals surface area contributed by atoms with Gasteiger partial charge in [0.15, 0.2) is 11.5 Å². The number of carboxylic acid groups (broad SMARTS) is 2. The molecule has 1 aromatic rings. The Bertz CT molecular complexity index is 1400. The van der Waals surface area contributed by atoms with Crippen molar-refractivity contribution >= 4 is 41.6 Å². The second-order valence-corrected chi connectivity index (χ2v) is 10.8. The zero-order chi connectivity index (χ0) is 29.6. The van der Waals surface area contributed by atoms with Gasteiger partial charge in [0.25, 0.3) is 0 Å². The summed E-state index contributed by atoms with van der Waals surface area (Å²) in [5, 5.41) is 28.2. The van der Waals surface area contributed by atoms with Crippen molar-refractivity contribution < 1.29 is 48.8 Å². The number of rotatable bonds is 9. The van der Waals surface area contributed by atoms with E-state index in [0.29, 0.717) is 5.56 Å². The van der Waals surface area contributed by atoms with Crippen molar-refractivity contribution in [1.29, 1.82) is 0 Å². The number of phenols is 1. The number of hydrogen-bond donors (Lipinski definition) is 3. The largest absolute Gasteiger partial charge is 0.504 e. The number of methoxy groups -OCH3 is 1. The fourth-order valence-corrected chi connectivity index (χ4v) is 6.85. The summed E-state index contributed by atoms with van der Waals surface area (Å²) in [7, 11) is 1.41. The highest BCUT2D eigenvalue weighted by atomic mass is 16.5. The fourth-order valence-electron chi connectivity index (χ4n) is 6.85. The lowest BCUT2D eigenvalue weighted by Gasteiger charge is -2.42. The van der Waals surface area contributed by atoms with E-state index in [2.05, 4.69) is 0 Å². The molecule has 0 spiro atoms. The Balaban J connectivity index is 1.52. The maximum Gasteiger partial charge on any atom is 0.305 e. The maximum atomic E-state index is 13.6. The van der Waals surface area contributed by atoms with E-state index in [1.807, 2.05) is 6.08 Å². The third kappa shape index (κ3) is 4.87. The van der Waals surface area contributed by atoms with E-state index in [4.69, 9.17) is 14.9 Å². The molecule has 1 saturated carbocycles. The predicted octanol–water partition coefficient (Wildman–Crippen LogP) is 1.53. The van der Waals surface area contributed by atoms with Crippen LogP contribution in [0.25, 0.3) is 6.08 Å². The van der Waals surface area contributed by atoms with Gasteiger partial charge < -0.3 is 20.1 Å². The topological polar surface area (TPSA) is 179 Å². The van der Waals surface area contributed by atoms with E-state index < -0.39 is 77.5 Å². The number of carbonyl (C=O) groups is 6. The summed E-state index contributed by atoms with van der Waals surface area (Å²) >= 11 is 0. The fraction of sp³-hybridized carbons (Fsp3) is 0.448. The molecule has 12 nitrogen and oxygen atoms in total. The van der Waals surface area contributed by atoms with Crippen LogP contribution >= 0.6 is 0 Å². The molecule has 0 aromatic heterocycles. The van der Waals surface area contributed by atoms with Gasteiger partial charge in [0, 0.05) is 19.0 Å². The zero-order valence-electron chi connectivity index (χ0n) is 22.3. The molecule has 2 saturated heterocycles. The molecule has 6 atom stereocenters. The molecular weight excluding hydrogens is 536 g/mol. The third-order valence-corrected chi connectivity index (χ3v) is 8.68. The average Bonchev–Trinajstić information content (AvgIpc) is 3.32. The minimum Gasteiger partial charge on any atom is -0.504 e. The van der Waals surface area contributed by atoms with Gasteiger partial charge in [-0.3, -0.25) is 38.6 Å². The molecule has 0 bridgehead atoms. The zero-order valence-corrected chi connectivity index (χ0v) is 22.3. The number of carbonyl (C=O) groups excluding carboxylic acids is 4. The summed E-state index contributed by atoms with van der Waals surface area (Å²) in [5.41, 5.74) is 1.41. The number of aliphatic carboxylic acids is 2. The van der Waals surface area contributed by atoms with E-state index >= 15 is 0 Å². The van der Waals surface area contributed by atoms with Crippen LogP contribution in [0.2, 0.25) is 0 Å². The lowest BCUT2D eigenvalue weighted by molar-refractivity contribution is -0.145. The van der Waals surface area contributed by atoms with E-state index in [1.54, 1.807) is 24.3 Å². The second kappa shape index (κ2) is 10.8. The highest BCUT2D eigenvalue weighted by Crippen LogP contribution is 2.55. The summed E-state index contributed by atoms with van der Waals surface area (Å²) in [4.78, 5) is 77.9. The van der Waals surface area contributed by atoms with Crippen molar-refractivity contribution in [2.45, 2.75) is 25.7 Å². The molecule has 1 aromatic carbocycles. The summed E-state index contributed by atoms with van der Waals surface area (Å²) in [6, 6.07) is 4.72. The number of aromatic hydroxyl groups is 1. The highest BCUT2D eigenvalue weighted by Gasteiger charge is 2.61. The molecule has 41 heavy (non-hydrogen) atoms. The molecule has 4 aliphatic rings. The number of fused-ring (bicyclic) bond motifs is 4. The first-order valence-corrected chi connectivity index (χ1v) is 13.4. The van der Waals surface area contributed by atoms with E-state index in [9.17, 15) is 33.9 Å². The standard InChI is InChI=1S/C29H30N2O10/c1-41-21-12-14(3-7-20(21)32)2-4-16-15-5-6-17-25(29(40)30(26(17)37)10-8-22(33)34)18(15)13-19-24(16)28(39)31(27(19)38)11-9-23(35)36/h2-5,7,12,16-19,24-25,32H,6,8-11,13H2,1H3,(H,33,34)(H,35,36). The Kier molecular flexibility index (Phi) is 7.41. The van der Waals surface area contributed by atoms with Crippen LogP contribution in [0.1, 0.15) is 31.2 Å². The molecule has 2 aliphatic carbocycles. The third-order valence-electron chi connectivity index (χ3n) is 8.68. The number of phenolic OH excluding ortho intramolecular Hbond substituents is 1. The highest BCUT2D eigenvalue weighted by molar-refractivity contribution is 6.08. The number of likely N-dealkylation sites (tertiary alicyclic amines) is 2. The lowest BCUT2D eigenvalue weighted by Crippen LogP contribution is -2.43. The van der Waals surface area contributed by atoms with Crippen LogP contribution in [-0.4, -0.2) is 80.9 Å². The Morgan fingerprint density at radius 2 is 1.51 bits per heavy atom. The Hall–Kier alpha value is -4.48. The molecule has 5 rings (SSSR count). The van der Waals surface area contributed by atoms with Crippen molar-refractivity contribution in [1.82, 2.24) is 9.80 Å². The first-order chi connectivity index (χ1) is 19.5. The van der Waals surface area contributed by atoms with Gasteiger partial charge in [-0.2, -0.15) is 0 Å². The van der Waals surface area contributed by atoms with Gasteiger partial charge in [0.05, 0.1) is 43.6 Å². The molecular formula is C29H30N2O10. The number of hydrogen-bond acceptors (Lipinski definition) is 8. The number of nitrogens with zero attached hydrogens (tertiary/aromatic N) is 2. The van der Waals surface area contributed by atoms with Crippen molar-refractivity contribution in [2.75, 3.05) is 20.2 Å². The number of ether oxygens (including phenoxy) is 1. The van der Waals surface area contributed by atoms with Crippen LogP contribution < -0.4 is 4.74 Å². The number of allylic oxidation sites excluding steroid dienone is 3. The Labute approximate surface area is 234 Å². The minimum atomic E-state index is -1.14. The quantitative estimate of drug-likeness (QED) is 0.293. The van der Waals surface area contributed by atoms with E-state index in [-0.39, 0.29) is 43.9 Å². The second-order valence-electron chi connectivity index (χ2n) is 10.8. The Morgan fingerprint density at radius 3 is 2.12 bits per heavy atom. The lowest BCUT2D eigenvalue weighted by atomic mass is 9.58. The monoisotopic (exact) mass is 566 g/mol. The SMILES string of the molecule is COc1cc(C=CC2C3=CCC4C(=O)N(CCC(=O)O)C(=O)C4C3CC3C(=O)N(CCC(=O)O)C(=O)C23)ccc1O. The molecule has 12 heteroatoms. The van der Waals surface area contributed by atoms with E-state index in [0.717, 1.165) is 15.4 Å². The molecule has 3 N–H and O–H groups in total. The summed E-state index contributed by atoms with van der Waals surface area (Å²) in [6.45, 7) is -0.498. The van der Waals surface area contributed by atoms with Gasteiger partial charge in [-0.05, 0) is 36.5 Å². The van der Waals surface area contributed by atoms with E-state index in [1.165, 1.54) is 13.2 Å². The molecule has 4 amide bonds. The first kappa shape index (κ1) is 28.1. The van der Waals surface area contributed by atoms with Crippen LogP contribution in [-0.2, 0) is 28.8 Å². The van der Waals surface area contributed by atoms with Crippen LogP contribution in [0.4, 0.5) is 0 Å². The number of imide groups is 2. The van der Waals surface area contributed by atoms with Gasteiger partial charge in [-0.25, -0.2) is 0 Å². The predicted molar refractivity (Wildman–Crippen MR) is 140 cm³/mol. The van der Waals surface area contributed by atoms with Gasteiger partial charge in [-0.15, -0.1) is 0 Å². The van der Waals surface area contributed by atoms with Crippen molar-refractivity contribution in [2.24, 2.45) is 35.5 Å². The summed E-state index contributed by atoms with van der Waals surface area (Å²) in [6.07, 6.45) is 4.98. The molecule has 3 fully saturated rings. The normalized spacial score (nSPS) is 29.0. The van der Waals surface area contributed by atoms with Crippen molar-refractivity contribution in [3.05, 3.63) is 41.5 Å². The smallest absolute Gasteiger partial charge is 0.305 e. The Morgan fingerprint density at radius 1 is 0.902 bits per heavy atom. The van der Waals surface area contributed by atoms with Gasteiger partial charge in [0.2, 0.25) is 23.6 Å². The molecule has 2 heterocycles. The molecule has 0 radical (unpaired) electrons. The summed E-state index contributed by atoms with van der Waals surface area (Å²) < 4.78 is 5.18. The van der Waals surface area contributed by atoms with Gasteiger partial charge in [0.1, 0.15) is 0 Å². The molecule has 6 unspecified atom stereocenters. The van der Waals surface area contributed by atoms with Crippen LogP contribution in [0, 0.1) is 35.5 Å². The number of carboxylic acids is 2. The van der Waals surface area contributed by atoms with Crippen LogP contribution in [0.15, 0.2) is 35.9 Å². The number of benzene rings is 1. The van der Waals surface area contributed by atoms with Crippen LogP contribution in [0.5, 0.6) is 11.5 Å². The first-order valence-electron chi connectivity index (χ1n) is 13.4. The maximum absolute atomic E-state index is 13.6. The minimum absolute atomic E-state index is 0.0500. The van der Waals surface area contributed by atoms with Gasteiger partial charge in [-0.1, -0.05) is 29.9 Å². The molecule has 2 aliphatic heterocycles.